The summed E-state index contributed by atoms with van der Waals surface area (Å²) in [6.45, 7) is 0. The molecule has 2 atom stereocenters. The topological polar surface area (TPSA) is 91.1 Å². The molecule has 0 bridgehead atoms. The van der Waals surface area contributed by atoms with Gasteiger partial charge in [-0.1, -0.05) is 24.3 Å². The fraction of sp³-hybridized carbons (Fsp3) is 0.158. The SMILES string of the molecule is O=S(=O)(O)C1=CC2N=c3cc4c(cc3=NC2C=C1)Nc1ccccc1C4. The molecule has 2 aromatic carbocycles. The van der Waals surface area contributed by atoms with Crippen molar-refractivity contribution in [2.45, 2.75) is 18.5 Å². The van der Waals surface area contributed by atoms with E-state index in [9.17, 15) is 13.0 Å². The lowest BCUT2D eigenvalue weighted by Gasteiger charge is -2.24. The van der Waals surface area contributed by atoms with Crippen molar-refractivity contribution in [1.29, 1.82) is 0 Å². The van der Waals surface area contributed by atoms with Crippen LogP contribution in [0.4, 0.5) is 11.4 Å². The Bertz CT molecular complexity index is 1230. The van der Waals surface area contributed by atoms with Crippen LogP contribution in [0, 0.1) is 0 Å². The van der Waals surface area contributed by atoms with Gasteiger partial charge in [0.05, 0.1) is 27.7 Å². The largest absolute Gasteiger partial charge is 0.355 e. The van der Waals surface area contributed by atoms with Crippen molar-refractivity contribution < 1.29 is 13.0 Å². The van der Waals surface area contributed by atoms with Gasteiger partial charge in [0, 0.05) is 17.8 Å². The van der Waals surface area contributed by atoms with Crippen molar-refractivity contribution >= 4 is 21.5 Å². The Morgan fingerprint density at radius 3 is 2.62 bits per heavy atom. The summed E-state index contributed by atoms with van der Waals surface area (Å²) in [5.41, 5.74) is 4.47. The second-order valence-corrected chi connectivity index (χ2v) is 8.02. The molecular weight excluding hydrogens is 350 g/mol. The number of nitrogens with zero attached hydrogens (tertiary/aromatic N) is 2. The van der Waals surface area contributed by atoms with E-state index in [1.54, 1.807) is 6.08 Å². The van der Waals surface area contributed by atoms with Crippen LogP contribution in [-0.4, -0.2) is 25.1 Å². The molecule has 26 heavy (non-hydrogen) atoms. The van der Waals surface area contributed by atoms with Gasteiger partial charge in [0.1, 0.15) is 0 Å². The van der Waals surface area contributed by atoms with Crippen LogP contribution in [0.2, 0.25) is 0 Å². The first-order valence-corrected chi connectivity index (χ1v) is 9.72. The van der Waals surface area contributed by atoms with Crippen LogP contribution in [0.1, 0.15) is 11.1 Å². The van der Waals surface area contributed by atoms with Crippen LogP contribution in [-0.2, 0) is 16.5 Å². The number of allylic oxidation sites excluding steroid dienone is 1. The summed E-state index contributed by atoms with van der Waals surface area (Å²) in [6, 6.07) is 11.5. The molecule has 0 aromatic heterocycles. The van der Waals surface area contributed by atoms with E-state index in [4.69, 9.17) is 4.99 Å². The highest BCUT2D eigenvalue weighted by molar-refractivity contribution is 7.90. The molecule has 1 aliphatic carbocycles. The van der Waals surface area contributed by atoms with Crippen LogP contribution in [0.25, 0.3) is 0 Å². The highest BCUT2D eigenvalue weighted by atomic mass is 32.2. The summed E-state index contributed by atoms with van der Waals surface area (Å²) in [6.07, 6.45) is 5.32. The van der Waals surface area contributed by atoms with Crippen LogP contribution in [0.5, 0.6) is 0 Å². The normalized spacial score (nSPS) is 22.4. The summed E-state index contributed by atoms with van der Waals surface area (Å²) in [7, 11) is -4.24. The highest BCUT2D eigenvalue weighted by Crippen LogP contribution is 2.31. The monoisotopic (exact) mass is 365 g/mol. The first-order valence-electron chi connectivity index (χ1n) is 8.28. The van der Waals surface area contributed by atoms with E-state index >= 15 is 0 Å². The van der Waals surface area contributed by atoms with E-state index in [-0.39, 0.29) is 10.9 Å². The molecule has 3 aliphatic rings. The van der Waals surface area contributed by atoms with Crippen molar-refractivity contribution in [3.05, 3.63) is 81.4 Å². The zero-order chi connectivity index (χ0) is 17.9. The average Bonchev–Trinajstić information content (AvgIpc) is 2.61. The molecule has 0 amide bonds. The highest BCUT2D eigenvalue weighted by Gasteiger charge is 2.26. The molecule has 2 N–H and O–H groups in total. The lowest BCUT2D eigenvalue weighted by atomic mass is 9.96. The molecule has 0 saturated carbocycles. The lowest BCUT2D eigenvalue weighted by molar-refractivity contribution is 0.491. The van der Waals surface area contributed by atoms with Crippen LogP contribution in [0.3, 0.4) is 0 Å². The molecule has 2 aliphatic heterocycles. The van der Waals surface area contributed by atoms with Gasteiger partial charge < -0.3 is 5.32 Å². The first-order chi connectivity index (χ1) is 12.5. The number of para-hydroxylation sites is 1. The van der Waals surface area contributed by atoms with Crippen molar-refractivity contribution in [1.82, 2.24) is 0 Å². The van der Waals surface area contributed by atoms with Crippen LogP contribution >= 0.6 is 0 Å². The maximum atomic E-state index is 11.4. The van der Waals surface area contributed by atoms with Crippen LogP contribution in [0.15, 0.2) is 69.5 Å². The van der Waals surface area contributed by atoms with Gasteiger partial charge in [-0.2, -0.15) is 8.42 Å². The zero-order valence-corrected chi connectivity index (χ0v) is 14.4. The zero-order valence-electron chi connectivity index (χ0n) is 13.6. The third-order valence-electron chi connectivity index (χ3n) is 4.88. The molecule has 6 nitrogen and oxygen atoms in total. The van der Waals surface area contributed by atoms with E-state index < -0.39 is 16.2 Å². The minimum Gasteiger partial charge on any atom is -0.355 e. The van der Waals surface area contributed by atoms with Gasteiger partial charge in [0.25, 0.3) is 10.1 Å². The number of fused-ring (bicyclic) bond motifs is 4. The van der Waals surface area contributed by atoms with E-state index in [0.29, 0.717) is 0 Å². The molecule has 0 saturated heterocycles. The minimum atomic E-state index is -4.24. The smallest absolute Gasteiger partial charge is 0.294 e. The van der Waals surface area contributed by atoms with Gasteiger partial charge in [-0.15, -0.1) is 0 Å². The van der Waals surface area contributed by atoms with Gasteiger partial charge >= 0.3 is 0 Å². The first kappa shape index (κ1) is 15.5. The van der Waals surface area contributed by atoms with Crippen LogP contribution < -0.4 is 16.0 Å². The molecule has 2 aromatic rings. The summed E-state index contributed by atoms with van der Waals surface area (Å²) in [4.78, 5) is 9.25. The number of nitrogens with one attached hydrogen (secondary N) is 1. The fourth-order valence-electron chi connectivity index (χ4n) is 3.59. The molecular formula is C19H15N3O3S. The predicted molar refractivity (Wildman–Crippen MR) is 97.6 cm³/mol. The van der Waals surface area contributed by atoms with Crippen molar-refractivity contribution in [3.63, 3.8) is 0 Å². The fourth-order valence-corrected chi connectivity index (χ4v) is 4.15. The second kappa shape index (κ2) is 5.36. The van der Waals surface area contributed by atoms with E-state index in [1.165, 1.54) is 17.7 Å². The van der Waals surface area contributed by atoms with E-state index in [1.807, 2.05) is 24.3 Å². The molecule has 5 rings (SSSR count). The van der Waals surface area contributed by atoms with Gasteiger partial charge in [0.15, 0.2) is 0 Å². The number of hydrogen-bond donors (Lipinski definition) is 2. The van der Waals surface area contributed by atoms with Gasteiger partial charge in [0.2, 0.25) is 0 Å². The van der Waals surface area contributed by atoms with Gasteiger partial charge in [-0.3, -0.25) is 14.5 Å². The summed E-state index contributed by atoms with van der Waals surface area (Å²) < 4.78 is 32.0. The van der Waals surface area contributed by atoms with Gasteiger partial charge in [-0.25, -0.2) is 0 Å². The Morgan fingerprint density at radius 2 is 1.77 bits per heavy atom. The van der Waals surface area contributed by atoms with Crippen molar-refractivity contribution in [2.75, 3.05) is 5.32 Å². The molecule has 130 valence electrons. The number of rotatable bonds is 1. The van der Waals surface area contributed by atoms with E-state index in [2.05, 4.69) is 22.4 Å². The number of benzene rings is 2. The Kier molecular flexibility index (Phi) is 3.19. The Labute approximate surface area is 150 Å². The molecule has 2 unspecified atom stereocenters. The maximum Gasteiger partial charge on any atom is 0.294 e. The number of hydrogen-bond acceptors (Lipinski definition) is 5. The quantitative estimate of drug-likeness (QED) is 0.642. The third kappa shape index (κ3) is 2.48. The third-order valence-corrected chi connectivity index (χ3v) is 5.75. The number of anilines is 2. The molecule has 0 radical (unpaired) electrons. The second-order valence-electron chi connectivity index (χ2n) is 6.60. The molecule has 7 heteroatoms. The standard InChI is InChI=1S/C19H15N3O3S/c23-26(24,25)13-5-6-15-18(9-13)22-17-8-12-7-11-3-1-2-4-14(11)20-16(12)10-19(17)21-15/h1-6,8-10,15,18,20H,7H2,(H,23,24,25). The summed E-state index contributed by atoms with van der Waals surface area (Å²) in [5.74, 6) is 0. The average molecular weight is 365 g/mol. The predicted octanol–water partition coefficient (Wildman–Crippen LogP) is 1.67. The van der Waals surface area contributed by atoms with Gasteiger partial charge in [-0.05, 0) is 41.5 Å². The summed E-state index contributed by atoms with van der Waals surface area (Å²) >= 11 is 0. The summed E-state index contributed by atoms with van der Waals surface area (Å²) in [5, 5.41) is 4.97. The maximum absolute atomic E-state index is 11.4. The Morgan fingerprint density at radius 1 is 1.00 bits per heavy atom. The minimum absolute atomic E-state index is 0.130. The Hall–Kier alpha value is -2.77. The lowest BCUT2D eigenvalue weighted by Crippen LogP contribution is -2.39. The molecule has 2 heterocycles. The molecule has 0 spiro atoms. The van der Waals surface area contributed by atoms with Crippen molar-refractivity contribution in [3.8, 4) is 0 Å². The molecule has 0 fully saturated rings. The van der Waals surface area contributed by atoms with E-state index in [0.717, 1.165) is 34.1 Å². The van der Waals surface area contributed by atoms with Crippen molar-refractivity contribution in [2.24, 2.45) is 9.98 Å². The Balaban J connectivity index is 1.62.